The highest BCUT2D eigenvalue weighted by molar-refractivity contribution is 5.92. The highest BCUT2D eigenvalue weighted by atomic mass is 16.1. The summed E-state index contributed by atoms with van der Waals surface area (Å²) in [7, 11) is 1.63. The fourth-order valence-electron chi connectivity index (χ4n) is 4.12. The lowest BCUT2D eigenvalue weighted by Crippen LogP contribution is -2.61. The fraction of sp³-hybridized carbons (Fsp3) is 0.700. The van der Waals surface area contributed by atoms with Crippen LogP contribution in [0, 0.1) is 11.3 Å². The molecule has 0 unspecified atom stereocenters. The van der Waals surface area contributed by atoms with Gasteiger partial charge < -0.3 is 10.2 Å². The van der Waals surface area contributed by atoms with Crippen LogP contribution in [0.15, 0.2) is 18.3 Å². The molecule has 2 aliphatic rings. The summed E-state index contributed by atoms with van der Waals surface area (Å²) in [5, 5.41) is 2.60. The molecule has 0 bridgehead atoms. The van der Waals surface area contributed by atoms with Gasteiger partial charge in [-0.3, -0.25) is 9.69 Å². The Kier molecular flexibility index (Phi) is 5.32. The number of likely N-dealkylation sites (tertiary alicyclic amines) is 1. The monoisotopic (exact) mass is 344 g/mol. The van der Waals surface area contributed by atoms with Crippen LogP contribution in [0.3, 0.4) is 0 Å². The molecule has 3 heterocycles. The van der Waals surface area contributed by atoms with Crippen LogP contribution < -0.4 is 10.2 Å². The third kappa shape index (κ3) is 4.51. The van der Waals surface area contributed by atoms with Crippen LogP contribution in [0.5, 0.6) is 0 Å². The van der Waals surface area contributed by atoms with Gasteiger partial charge in [0.2, 0.25) is 0 Å². The highest BCUT2D eigenvalue weighted by Gasteiger charge is 2.34. The predicted octanol–water partition coefficient (Wildman–Crippen LogP) is 2.78. The molecule has 0 spiro atoms. The summed E-state index contributed by atoms with van der Waals surface area (Å²) in [6.07, 6.45) is 5.85. The Labute approximate surface area is 151 Å². The Morgan fingerprint density at radius 2 is 1.92 bits per heavy atom. The summed E-state index contributed by atoms with van der Waals surface area (Å²) < 4.78 is 0. The zero-order valence-corrected chi connectivity index (χ0v) is 16.1. The maximum atomic E-state index is 11.6. The molecular formula is C20H32N4O. The van der Waals surface area contributed by atoms with E-state index in [4.69, 9.17) is 0 Å². The number of pyridine rings is 1. The van der Waals surface area contributed by atoms with Gasteiger partial charge in [-0.05, 0) is 55.8 Å². The molecule has 0 aliphatic carbocycles. The van der Waals surface area contributed by atoms with Gasteiger partial charge >= 0.3 is 0 Å². The normalized spacial score (nSPS) is 20.4. The van der Waals surface area contributed by atoms with Gasteiger partial charge in [-0.15, -0.1) is 0 Å². The minimum atomic E-state index is -0.133. The molecule has 5 nitrogen and oxygen atoms in total. The molecule has 1 aromatic rings. The summed E-state index contributed by atoms with van der Waals surface area (Å²) in [4.78, 5) is 20.8. The van der Waals surface area contributed by atoms with E-state index in [9.17, 15) is 4.79 Å². The number of piperidine rings is 1. The summed E-state index contributed by atoms with van der Waals surface area (Å²) in [5.41, 5.74) is 2.05. The zero-order valence-electron chi connectivity index (χ0n) is 16.1. The minimum Gasteiger partial charge on any atom is -0.367 e. The van der Waals surface area contributed by atoms with E-state index in [1.165, 1.54) is 32.4 Å². The molecule has 5 heteroatoms. The van der Waals surface area contributed by atoms with E-state index in [-0.39, 0.29) is 5.91 Å². The van der Waals surface area contributed by atoms with Crippen molar-refractivity contribution in [2.45, 2.75) is 46.1 Å². The average molecular weight is 345 g/mol. The first-order valence-electron chi connectivity index (χ1n) is 9.53. The van der Waals surface area contributed by atoms with Gasteiger partial charge in [0.15, 0.2) is 0 Å². The van der Waals surface area contributed by atoms with Gasteiger partial charge in [-0.1, -0.05) is 20.8 Å². The molecule has 138 valence electrons. The van der Waals surface area contributed by atoms with Crippen molar-refractivity contribution in [2.24, 2.45) is 11.3 Å². The molecule has 0 atom stereocenters. The number of carbonyl (C=O) groups excluding carboxylic acids is 1. The molecule has 1 aromatic heterocycles. The molecule has 3 rings (SSSR count). The largest absolute Gasteiger partial charge is 0.367 e. The lowest BCUT2D eigenvalue weighted by Gasteiger charge is -2.49. The molecule has 0 saturated carbocycles. The van der Waals surface area contributed by atoms with E-state index in [1.54, 1.807) is 13.1 Å². The zero-order chi connectivity index (χ0) is 18.0. The van der Waals surface area contributed by atoms with Gasteiger partial charge in [0, 0.05) is 26.2 Å². The van der Waals surface area contributed by atoms with Crippen molar-refractivity contribution in [1.82, 2.24) is 15.2 Å². The van der Waals surface area contributed by atoms with Crippen LogP contribution in [0.25, 0.3) is 0 Å². The van der Waals surface area contributed by atoms with E-state index in [1.807, 2.05) is 12.3 Å². The van der Waals surface area contributed by atoms with Crippen molar-refractivity contribution in [3.63, 3.8) is 0 Å². The van der Waals surface area contributed by atoms with Crippen molar-refractivity contribution in [3.8, 4) is 0 Å². The van der Waals surface area contributed by atoms with Crippen LogP contribution in [0.2, 0.25) is 0 Å². The van der Waals surface area contributed by atoms with E-state index < -0.39 is 0 Å². The Morgan fingerprint density at radius 1 is 1.24 bits per heavy atom. The quantitative estimate of drug-likeness (QED) is 0.912. The van der Waals surface area contributed by atoms with Crippen LogP contribution in [0.4, 0.5) is 5.69 Å². The Balaban J connectivity index is 1.45. The van der Waals surface area contributed by atoms with Crippen LogP contribution in [-0.2, 0) is 0 Å². The van der Waals surface area contributed by atoms with E-state index in [0.717, 1.165) is 24.7 Å². The Bertz CT molecular complexity index is 579. The first-order valence-corrected chi connectivity index (χ1v) is 9.53. The number of anilines is 1. The number of nitrogens with one attached hydrogen (secondary N) is 1. The average Bonchev–Trinajstić information content (AvgIpc) is 2.53. The number of rotatable bonds is 4. The molecule has 25 heavy (non-hydrogen) atoms. The van der Waals surface area contributed by atoms with Crippen molar-refractivity contribution < 1.29 is 4.79 Å². The van der Waals surface area contributed by atoms with Crippen molar-refractivity contribution >= 4 is 11.6 Å². The number of nitrogens with zero attached hydrogens (tertiary/aromatic N) is 3. The van der Waals surface area contributed by atoms with Crippen molar-refractivity contribution in [1.29, 1.82) is 0 Å². The SMILES string of the molecule is CNC(=O)c1ccc(N2CC(N3CCC(CC(C)(C)C)CC3)C2)cn1. The molecule has 1 amide bonds. The van der Waals surface area contributed by atoms with Crippen LogP contribution in [0.1, 0.15) is 50.5 Å². The predicted molar refractivity (Wildman–Crippen MR) is 102 cm³/mol. The van der Waals surface area contributed by atoms with Crippen molar-refractivity contribution in [2.75, 3.05) is 38.1 Å². The van der Waals surface area contributed by atoms with Crippen LogP contribution >= 0.6 is 0 Å². The summed E-state index contributed by atoms with van der Waals surface area (Å²) in [5.74, 6) is 0.764. The molecule has 1 N–H and O–H groups in total. The molecule has 0 radical (unpaired) electrons. The van der Waals surface area contributed by atoms with E-state index in [2.05, 4.69) is 40.9 Å². The lowest BCUT2D eigenvalue weighted by molar-refractivity contribution is 0.0956. The number of hydrogen-bond donors (Lipinski definition) is 1. The summed E-state index contributed by atoms with van der Waals surface area (Å²) in [6, 6.07) is 4.48. The molecule has 2 fully saturated rings. The number of hydrogen-bond acceptors (Lipinski definition) is 4. The number of aromatic nitrogens is 1. The van der Waals surface area contributed by atoms with Gasteiger partial charge in [0.25, 0.3) is 5.91 Å². The maximum Gasteiger partial charge on any atom is 0.269 e. The Hall–Kier alpha value is -1.62. The molecule has 2 saturated heterocycles. The lowest BCUT2D eigenvalue weighted by atomic mass is 9.80. The van der Waals surface area contributed by atoms with Gasteiger partial charge in [-0.2, -0.15) is 0 Å². The standard InChI is InChI=1S/C20H32N4O/c1-20(2,3)11-15-7-9-23(10-8-15)17-13-24(14-17)16-5-6-18(22-12-16)19(25)21-4/h5-6,12,15,17H,7-11,13-14H2,1-4H3,(H,21,25). The first kappa shape index (κ1) is 18.2. The van der Waals surface area contributed by atoms with Gasteiger partial charge in [-0.25, -0.2) is 4.98 Å². The number of carbonyl (C=O) groups is 1. The Morgan fingerprint density at radius 3 is 2.44 bits per heavy atom. The highest BCUT2D eigenvalue weighted by Crippen LogP contribution is 2.33. The van der Waals surface area contributed by atoms with Gasteiger partial charge in [0.1, 0.15) is 5.69 Å². The summed E-state index contributed by atoms with van der Waals surface area (Å²) in [6.45, 7) is 11.7. The third-order valence-electron chi connectivity index (χ3n) is 5.50. The molecule has 2 aliphatic heterocycles. The summed E-state index contributed by atoms with van der Waals surface area (Å²) >= 11 is 0. The van der Waals surface area contributed by atoms with E-state index in [0.29, 0.717) is 17.2 Å². The second-order valence-electron chi connectivity index (χ2n) is 8.78. The topological polar surface area (TPSA) is 48.5 Å². The first-order chi connectivity index (χ1) is 11.9. The smallest absolute Gasteiger partial charge is 0.269 e. The minimum absolute atomic E-state index is 0.133. The second-order valence-corrected chi connectivity index (χ2v) is 8.78. The molecular weight excluding hydrogens is 312 g/mol. The van der Waals surface area contributed by atoms with Crippen molar-refractivity contribution in [3.05, 3.63) is 24.0 Å². The van der Waals surface area contributed by atoms with Gasteiger partial charge in [0.05, 0.1) is 11.9 Å². The number of amides is 1. The third-order valence-corrected chi connectivity index (χ3v) is 5.50. The maximum absolute atomic E-state index is 11.6. The fourth-order valence-corrected chi connectivity index (χ4v) is 4.12. The van der Waals surface area contributed by atoms with E-state index >= 15 is 0 Å². The second kappa shape index (κ2) is 7.32. The molecule has 0 aromatic carbocycles. The van der Waals surface area contributed by atoms with Crippen LogP contribution in [-0.4, -0.2) is 55.1 Å².